The summed E-state index contributed by atoms with van der Waals surface area (Å²) in [5, 5.41) is 3.44. The van der Waals surface area contributed by atoms with Gasteiger partial charge in [0.1, 0.15) is 0 Å². The molecule has 0 aliphatic heterocycles. The van der Waals surface area contributed by atoms with E-state index < -0.39 is 0 Å². The fourth-order valence-electron chi connectivity index (χ4n) is 1.04. The lowest BCUT2D eigenvalue weighted by Crippen LogP contribution is -2.38. The molecule has 68 valence electrons. The zero-order valence-electron chi connectivity index (χ0n) is 8.28. The van der Waals surface area contributed by atoms with E-state index in [0.29, 0.717) is 6.04 Å². The van der Waals surface area contributed by atoms with E-state index in [-0.39, 0.29) is 6.84 Å². The van der Waals surface area contributed by atoms with Gasteiger partial charge >= 0.3 is 0 Å². The van der Waals surface area contributed by atoms with Gasteiger partial charge < -0.3 is 5.32 Å². The SMILES string of the molecule is C=C[C@@H](NCCC)C(C)(C)C.[HH]. The Balaban J connectivity index is 0. The minimum atomic E-state index is 0. The van der Waals surface area contributed by atoms with Crippen molar-refractivity contribution in [2.24, 2.45) is 5.41 Å². The monoisotopic (exact) mass is 157 g/mol. The van der Waals surface area contributed by atoms with Crippen LogP contribution in [-0.4, -0.2) is 12.6 Å². The largest absolute Gasteiger partial charge is 0.310 e. The van der Waals surface area contributed by atoms with Crippen molar-refractivity contribution in [3.8, 4) is 0 Å². The van der Waals surface area contributed by atoms with Crippen molar-refractivity contribution in [2.75, 3.05) is 6.54 Å². The Morgan fingerprint density at radius 3 is 2.36 bits per heavy atom. The summed E-state index contributed by atoms with van der Waals surface area (Å²) in [5.41, 5.74) is 0.289. The summed E-state index contributed by atoms with van der Waals surface area (Å²) in [6.07, 6.45) is 3.18. The van der Waals surface area contributed by atoms with Gasteiger partial charge in [0.15, 0.2) is 0 Å². The quantitative estimate of drug-likeness (QED) is 0.619. The summed E-state index contributed by atoms with van der Waals surface area (Å²) in [7, 11) is 0. The van der Waals surface area contributed by atoms with Gasteiger partial charge in [-0.2, -0.15) is 0 Å². The Hall–Kier alpha value is -0.300. The lowest BCUT2D eigenvalue weighted by molar-refractivity contribution is 0.314. The number of hydrogen-bond donors (Lipinski definition) is 1. The average molecular weight is 157 g/mol. The summed E-state index contributed by atoms with van der Waals surface area (Å²) in [6.45, 7) is 13.7. The maximum Gasteiger partial charge on any atom is 0.0296 e. The molecule has 0 fully saturated rings. The molecule has 0 aromatic rings. The highest BCUT2D eigenvalue weighted by Crippen LogP contribution is 2.19. The van der Waals surface area contributed by atoms with Gasteiger partial charge in [-0.05, 0) is 18.4 Å². The smallest absolute Gasteiger partial charge is 0.0296 e. The van der Waals surface area contributed by atoms with E-state index in [4.69, 9.17) is 0 Å². The highest BCUT2D eigenvalue weighted by atomic mass is 14.9. The molecule has 0 rings (SSSR count). The van der Waals surface area contributed by atoms with Crippen LogP contribution in [0.3, 0.4) is 0 Å². The lowest BCUT2D eigenvalue weighted by atomic mass is 9.87. The third kappa shape index (κ3) is 4.20. The standard InChI is InChI=1S/C10H21N.H2/c1-6-8-11-9(7-2)10(3,4)5;/h7,9,11H,2,6,8H2,1,3-5H3;1H/t9-;/m1./s1. The topological polar surface area (TPSA) is 12.0 Å². The molecule has 0 saturated carbocycles. The van der Waals surface area contributed by atoms with E-state index in [1.54, 1.807) is 0 Å². The van der Waals surface area contributed by atoms with Gasteiger partial charge in [0, 0.05) is 7.47 Å². The van der Waals surface area contributed by atoms with Crippen LogP contribution in [0.2, 0.25) is 0 Å². The fraction of sp³-hybridized carbons (Fsp3) is 0.800. The summed E-state index contributed by atoms with van der Waals surface area (Å²) in [6, 6.07) is 0.433. The van der Waals surface area contributed by atoms with E-state index in [1.165, 1.54) is 6.42 Å². The summed E-state index contributed by atoms with van der Waals surface area (Å²) in [5.74, 6) is 0. The predicted molar refractivity (Wildman–Crippen MR) is 53.8 cm³/mol. The van der Waals surface area contributed by atoms with Gasteiger partial charge in [-0.15, -0.1) is 6.58 Å². The Morgan fingerprint density at radius 2 is 2.09 bits per heavy atom. The Morgan fingerprint density at radius 1 is 1.55 bits per heavy atom. The van der Waals surface area contributed by atoms with Crippen molar-refractivity contribution in [3.05, 3.63) is 12.7 Å². The minimum Gasteiger partial charge on any atom is -0.310 e. The van der Waals surface area contributed by atoms with E-state index in [9.17, 15) is 0 Å². The van der Waals surface area contributed by atoms with E-state index in [0.717, 1.165) is 6.54 Å². The molecule has 0 saturated heterocycles. The predicted octanol–water partition coefficient (Wildman–Crippen LogP) is 2.83. The third-order valence-corrected chi connectivity index (χ3v) is 1.78. The first-order chi connectivity index (χ1) is 5.02. The normalized spacial score (nSPS) is 14.5. The maximum absolute atomic E-state index is 3.82. The molecule has 1 atom stereocenters. The second-order valence-corrected chi connectivity index (χ2v) is 4.03. The maximum atomic E-state index is 3.82. The lowest BCUT2D eigenvalue weighted by Gasteiger charge is -2.28. The zero-order valence-corrected chi connectivity index (χ0v) is 8.28. The highest BCUT2D eigenvalue weighted by Gasteiger charge is 2.19. The molecule has 1 N–H and O–H groups in total. The van der Waals surface area contributed by atoms with E-state index in [2.05, 4.69) is 39.6 Å². The van der Waals surface area contributed by atoms with Gasteiger partial charge in [0.25, 0.3) is 0 Å². The minimum absolute atomic E-state index is 0. The molecule has 0 aliphatic rings. The Kier molecular flexibility index (Phi) is 4.43. The van der Waals surface area contributed by atoms with Crippen LogP contribution in [0, 0.1) is 5.41 Å². The fourth-order valence-corrected chi connectivity index (χ4v) is 1.04. The van der Waals surface area contributed by atoms with Gasteiger partial charge in [-0.1, -0.05) is 33.8 Å². The molecule has 0 aliphatic carbocycles. The molecule has 0 unspecified atom stereocenters. The van der Waals surface area contributed by atoms with Crippen molar-refractivity contribution in [2.45, 2.75) is 40.2 Å². The van der Waals surface area contributed by atoms with E-state index >= 15 is 0 Å². The first-order valence-electron chi connectivity index (χ1n) is 4.38. The molecule has 0 spiro atoms. The molecular formula is C10H23N. The van der Waals surface area contributed by atoms with E-state index in [1.807, 2.05) is 6.08 Å². The molecule has 0 aromatic carbocycles. The molecule has 0 bridgehead atoms. The summed E-state index contributed by atoms with van der Waals surface area (Å²) >= 11 is 0. The van der Waals surface area contributed by atoms with Crippen LogP contribution < -0.4 is 5.32 Å². The Labute approximate surface area is 72.4 Å². The molecular weight excluding hydrogens is 134 g/mol. The molecule has 0 amide bonds. The molecule has 1 heteroatoms. The van der Waals surface area contributed by atoms with Crippen molar-refractivity contribution in [1.29, 1.82) is 0 Å². The van der Waals surface area contributed by atoms with Gasteiger partial charge in [-0.25, -0.2) is 0 Å². The number of hydrogen-bond acceptors (Lipinski definition) is 1. The van der Waals surface area contributed by atoms with Crippen molar-refractivity contribution >= 4 is 0 Å². The Bertz CT molecular complexity index is 115. The van der Waals surface area contributed by atoms with Crippen LogP contribution in [0.5, 0.6) is 0 Å². The molecule has 1 nitrogen and oxygen atoms in total. The molecule has 0 radical (unpaired) electrons. The second kappa shape index (κ2) is 4.55. The van der Waals surface area contributed by atoms with Gasteiger partial charge in [0.2, 0.25) is 0 Å². The molecule has 0 aromatic heterocycles. The summed E-state index contributed by atoms with van der Waals surface area (Å²) in [4.78, 5) is 0. The zero-order chi connectivity index (χ0) is 8.91. The van der Waals surface area contributed by atoms with Crippen LogP contribution >= 0.6 is 0 Å². The van der Waals surface area contributed by atoms with Crippen molar-refractivity contribution < 1.29 is 1.43 Å². The second-order valence-electron chi connectivity index (χ2n) is 4.03. The van der Waals surface area contributed by atoms with Crippen LogP contribution in [0.4, 0.5) is 0 Å². The number of nitrogens with one attached hydrogen (secondary N) is 1. The van der Waals surface area contributed by atoms with Crippen LogP contribution in [0.1, 0.15) is 35.5 Å². The molecule has 11 heavy (non-hydrogen) atoms. The van der Waals surface area contributed by atoms with Crippen LogP contribution in [0.15, 0.2) is 12.7 Å². The van der Waals surface area contributed by atoms with Crippen LogP contribution in [-0.2, 0) is 0 Å². The first kappa shape index (κ1) is 10.7. The van der Waals surface area contributed by atoms with Crippen molar-refractivity contribution in [3.63, 3.8) is 0 Å². The molecule has 0 heterocycles. The average Bonchev–Trinajstić information content (AvgIpc) is 1.87. The van der Waals surface area contributed by atoms with Crippen molar-refractivity contribution in [1.82, 2.24) is 5.32 Å². The highest BCUT2D eigenvalue weighted by molar-refractivity contribution is 4.93. The first-order valence-corrected chi connectivity index (χ1v) is 4.38. The van der Waals surface area contributed by atoms with Gasteiger partial charge in [0.05, 0.1) is 0 Å². The number of rotatable bonds is 4. The van der Waals surface area contributed by atoms with Gasteiger partial charge in [-0.3, -0.25) is 0 Å². The third-order valence-electron chi connectivity index (χ3n) is 1.78. The van der Waals surface area contributed by atoms with Crippen LogP contribution in [0.25, 0.3) is 0 Å². The summed E-state index contributed by atoms with van der Waals surface area (Å²) < 4.78 is 0.